The van der Waals surface area contributed by atoms with Gasteiger partial charge < -0.3 is 0 Å². The summed E-state index contributed by atoms with van der Waals surface area (Å²) < 4.78 is 0. The molecule has 1 N–H and O–H groups in total. The average molecular weight is 307 g/mol. The second kappa shape index (κ2) is 6.52. The molecule has 0 spiro atoms. The van der Waals surface area contributed by atoms with Crippen molar-refractivity contribution in [2.24, 2.45) is 0 Å². The lowest BCUT2D eigenvalue weighted by Crippen LogP contribution is -2.25. The number of nitrogens with zero attached hydrogens (tertiary/aromatic N) is 4. The Morgan fingerprint density at radius 3 is 2.04 bits per heavy atom. The standard InChI is InChI=1S/C16H13N5O2/c22-21(23)15-11-17-12-18-16(15)19-20(13-7-3-1-4-8-13)14-9-5-2-6-10-14/h1-12H,(H,17,18,19). The molecule has 7 heteroatoms. The molecule has 0 unspecified atom stereocenters. The molecule has 0 amide bonds. The smallest absolute Gasteiger partial charge is 0.271 e. The number of hydrazine groups is 1. The number of hydrogen-bond acceptors (Lipinski definition) is 6. The van der Waals surface area contributed by atoms with Gasteiger partial charge in [0.15, 0.2) is 0 Å². The van der Waals surface area contributed by atoms with Crippen LogP contribution in [-0.2, 0) is 0 Å². The van der Waals surface area contributed by atoms with Crippen LogP contribution in [0.3, 0.4) is 0 Å². The number of benzene rings is 2. The average Bonchev–Trinajstić information content (AvgIpc) is 2.61. The van der Waals surface area contributed by atoms with E-state index in [0.717, 1.165) is 11.4 Å². The van der Waals surface area contributed by atoms with Gasteiger partial charge in [0.25, 0.3) is 0 Å². The molecule has 3 aromatic rings. The maximum Gasteiger partial charge on any atom is 0.331 e. The zero-order valence-corrected chi connectivity index (χ0v) is 12.0. The number of para-hydroxylation sites is 2. The highest BCUT2D eigenvalue weighted by atomic mass is 16.6. The van der Waals surface area contributed by atoms with Crippen LogP contribution in [0.5, 0.6) is 0 Å². The molecule has 0 aliphatic rings. The van der Waals surface area contributed by atoms with Gasteiger partial charge in [0.1, 0.15) is 12.5 Å². The Balaban J connectivity index is 2.02. The van der Waals surface area contributed by atoms with E-state index in [1.807, 2.05) is 60.7 Å². The number of rotatable bonds is 5. The predicted octanol–water partition coefficient (Wildman–Crippen LogP) is 3.55. The number of nitro groups is 1. The van der Waals surface area contributed by atoms with E-state index >= 15 is 0 Å². The lowest BCUT2D eigenvalue weighted by atomic mass is 10.2. The van der Waals surface area contributed by atoms with Crippen LogP contribution in [-0.4, -0.2) is 14.9 Å². The highest BCUT2D eigenvalue weighted by Crippen LogP contribution is 2.28. The SMILES string of the molecule is O=[N+]([O-])c1cncnc1NN(c1ccccc1)c1ccccc1. The summed E-state index contributed by atoms with van der Waals surface area (Å²) in [4.78, 5) is 18.3. The molecule has 3 rings (SSSR count). The molecule has 0 saturated heterocycles. The third kappa shape index (κ3) is 3.24. The summed E-state index contributed by atoms with van der Waals surface area (Å²) in [5.74, 6) is 0.123. The van der Waals surface area contributed by atoms with Crippen molar-refractivity contribution < 1.29 is 4.92 Å². The predicted molar refractivity (Wildman–Crippen MR) is 87.3 cm³/mol. The molecule has 0 bridgehead atoms. The normalized spacial score (nSPS) is 10.1. The van der Waals surface area contributed by atoms with Crippen LogP contribution >= 0.6 is 0 Å². The van der Waals surface area contributed by atoms with Crippen LogP contribution in [0, 0.1) is 10.1 Å². The largest absolute Gasteiger partial charge is 0.331 e. The molecule has 0 saturated carbocycles. The molecule has 2 aromatic carbocycles. The topological polar surface area (TPSA) is 84.2 Å². The summed E-state index contributed by atoms with van der Waals surface area (Å²) in [6.07, 6.45) is 2.44. The fourth-order valence-corrected chi connectivity index (χ4v) is 2.08. The number of aromatic nitrogens is 2. The fraction of sp³-hybridized carbons (Fsp3) is 0. The molecule has 0 atom stereocenters. The highest BCUT2D eigenvalue weighted by molar-refractivity contribution is 5.69. The Labute approximate surface area is 132 Å². The van der Waals surface area contributed by atoms with E-state index in [9.17, 15) is 10.1 Å². The molecule has 0 radical (unpaired) electrons. The molecular formula is C16H13N5O2. The van der Waals surface area contributed by atoms with Crippen molar-refractivity contribution in [3.8, 4) is 0 Å². The van der Waals surface area contributed by atoms with Crippen molar-refractivity contribution in [1.29, 1.82) is 0 Å². The first-order chi connectivity index (χ1) is 11.3. The lowest BCUT2D eigenvalue weighted by Gasteiger charge is -2.25. The Morgan fingerprint density at radius 2 is 1.52 bits per heavy atom. The van der Waals surface area contributed by atoms with Crippen LogP contribution < -0.4 is 10.4 Å². The third-order valence-electron chi connectivity index (χ3n) is 3.14. The van der Waals surface area contributed by atoms with Gasteiger partial charge in [0.05, 0.1) is 16.3 Å². The van der Waals surface area contributed by atoms with E-state index in [1.165, 1.54) is 12.5 Å². The monoisotopic (exact) mass is 307 g/mol. The van der Waals surface area contributed by atoms with Gasteiger partial charge in [-0.05, 0) is 24.3 Å². The van der Waals surface area contributed by atoms with Crippen LogP contribution in [0.4, 0.5) is 22.9 Å². The van der Waals surface area contributed by atoms with Crippen LogP contribution in [0.2, 0.25) is 0 Å². The Hall–Kier alpha value is -3.48. The van der Waals surface area contributed by atoms with Crippen LogP contribution in [0.1, 0.15) is 0 Å². The summed E-state index contributed by atoms with van der Waals surface area (Å²) in [7, 11) is 0. The summed E-state index contributed by atoms with van der Waals surface area (Å²) >= 11 is 0. The highest BCUT2D eigenvalue weighted by Gasteiger charge is 2.18. The number of anilines is 3. The zero-order chi connectivity index (χ0) is 16.1. The Kier molecular flexibility index (Phi) is 4.10. The summed E-state index contributed by atoms with van der Waals surface area (Å²) in [5, 5.41) is 12.9. The maximum absolute atomic E-state index is 11.1. The van der Waals surface area contributed by atoms with Crippen molar-refractivity contribution in [2.45, 2.75) is 0 Å². The minimum atomic E-state index is -0.517. The number of nitrogens with one attached hydrogen (secondary N) is 1. The molecule has 1 aromatic heterocycles. The van der Waals surface area contributed by atoms with E-state index < -0.39 is 4.92 Å². The first kappa shape index (κ1) is 14.5. The van der Waals surface area contributed by atoms with Gasteiger partial charge in [-0.25, -0.2) is 9.97 Å². The van der Waals surface area contributed by atoms with Crippen LogP contribution in [0.25, 0.3) is 0 Å². The van der Waals surface area contributed by atoms with Gasteiger partial charge in [-0.3, -0.25) is 20.5 Å². The second-order valence-corrected chi connectivity index (χ2v) is 4.63. The van der Waals surface area contributed by atoms with E-state index in [1.54, 1.807) is 5.01 Å². The lowest BCUT2D eigenvalue weighted by molar-refractivity contribution is -0.384. The maximum atomic E-state index is 11.1. The van der Waals surface area contributed by atoms with Crippen molar-refractivity contribution in [3.05, 3.63) is 83.3 Å². The van der Waals surface area contributed by atoms with E-state index in [2.05, 4.69) is 15.4 Å². The fourth-order valence-electron chi connectivity index (χ4n) is 2.08. The van der Waals surface area contributed by atoms with Gasteiger partial charge in [0, 0.05) is 0 Å². The van der Waals surface area contributed by atoms with Crippen LogP contribution in [0.15, 0.2) is 73.2 Å². The number of hydrogen-bond donors (Lipinski definition) is 1. The molecule has 114 valence electrons. The molecule has 1 heterocycles. The summed E-state index contributed by atoms with van der Waals surface area (Å²) in [6, 6.07) is 18.9. The van der Waals surface area contributed by atoms with Gasteiger partial charge in [-0.1, -0.05) is 36.4 Å². The van der Waals surface area contributed by atoms with Crippen molar-refractivity contribution in [1.82, 2.24) is 9.97 Å². The van der Waals surface area contributed by atoms with E-state index in [4.69, 9.17) is 0 Å². The van der Waals surface area contributed by atoms with Gasteiger partial charge in [-0.15, -0.1) is 0 Å². The Bertz CT molecular complexity index is 756. The minimum Gasteiger partial charge on any atom is -0.271 e. The zero-order valence-electron chi connectivity index (χ0n) is 12.0. The molecular weight excluding hydrogens is 294 g/mol. The molecule has 0 fully saturated rings. The van der Waals surface area contributed by atoms with Crippen molar-refractivity contribution in [3.63, 3.8) is 0 Å². The minimum absolute atomic E-state index is 0.123. The third-order valence-corrected chi connectivity index (χ3v) is 3.14. The quantitative estimate of drug-likeness (QED) is 0.573. The molecule has 7 nitrogen and oxygen atoms in total. The van der Waals surface area contributed by atoms with Gasteiger partial charge in [-0.2, -0.15) is 0 Å². The Morgan fingerprint density at radius 1 is 0.957 bits per heavy atom. The van der Waals surface area contributed by atoms with Gasteiger partial charge in [0.2, 0.25) is 5.82 Å². The van der Waals surface area contributed by atoms with Gasteiger partial charge >= 0.3 is 5.69 Å². The molecule has 23 heavy (non-hydrogen) atoms. The van der Waals surface area contributed by atoms with Crippen molar-refractivity contribution >= 4 is 22.9 Å². The van der Waals surface area contributed by atoms with E-state index in [-0.39, 0.29) is 11.5 Å². The molecule has 0 aliphatic heterocycles. The van der Waals surface area contributed by atoms with Crippen molar-refractivity contribution in [2.75, 3.05) is 10.4 Å². The van der Waals surface area contributed by atoms with E-state index in [0.29, 0.717) is 0 Å². The summed E-state index contributed by atoms with van der Waals surface area (Å²) in [5.41, 5.74) is 4.46. The summed E-state index contributed by atoms with van der Waals surface area (Å²) in [6.45, 7) is 0. The first-order valence-corrected chi connectivity index (χ1v) is 6.87. The first-order valence-electron chi connectivity index (χ1n) is 6.87. The second-order valence-electron chi connectivity index (χ2n) is 4.63. The molecule has 0 aliphatic carbocycles.